The maximum absolute atomic E-state index is 12.5. The number of benzene rings is 1. The lowest BCUT2D eigenvalue weighted by molar-refractivity contribution is 0.296. The van der Waals surface area contributed by atoms with Crippen molar-refractivity contribution in [3.05, 3.63) is 52.4 Å². The maximum atomic E-state index is 12.5. The largest absolute Gasteiger partial charge is 0.492 e. The second kappa shape index (κ2) is 7.31. The Hall–Kier alpha value is -2.30. The van der Waals surface area contributed by atoms with Crippen molar-refractivity contribution in [2.24, 2.45) is 0 Å². The van der Waals surface area contributed by atoms with E-state index >= 15 is 0 Å². The van der Waals surface area contributed by atoms with Crippen molar-refractivity contribution in [3.8, 4) is 5.75 Å². The van der Waals surface area contributed by atoms with Crippen LogP contribution in [0.15, 0.2) is 41.2 Å². The standard InChI is InChI=1S/C18H23N3O2/c1-2-15-14-17(22)21(18(19-15)20-10-6-7-11-20)12-13-23-16-8-4-3-5-9-16/h3-5,8-9,14H,2,6-7,10-13H2,1H3. The molecule has 0 amide bonds. The maximum Gasteiger partial charge on any atom is 0.255 e. The van der Waals surface area contributed by atoms with Crippen LogP contribution in [0.2, 0.25) is 0 Å². The Kier molecular flexibility index (Phi) is 4.95. The molecular weight excluding hydrogens is 290 g/mol. The highest BCUT2D eigenvalue weighted by molar-refractivity contribution is 5.33. The van der Waals surface area contributed by atoms with Gasteiger partial charge >= 0.3 is 0 Å². The average Bonchev–Trinajstić information content (AvgIpc) is 3.11. The van der Waals surface area contributed by atoms with Gasteiger partial charge in [-0.2, -0.15) is 0 Å². The van der Waals surface area contributed by atoms with E-state index in [9.17, 15) is 4.79 Å². The van der Waals surface area contributed by atoms with Crippen molar-refractivity contribution in [2.75, 3.05) is 24.6 Å². The van der Waals surface area contributed by atoms with E-state index in [-0.39, 0.29) is 5.56 Å². The summed E-state index contributed by atoms with van der Waals surface area (Å²) in [5.41, 5.74) is 0.868. The van der Waals surface area contributed by atoms with Gasteiger partial charge in [0.1, 0.15) is 12.4 Å². The van der Waals surface area contributed by atoms with Crippen LogP contribution in [0.5, 0.6) is 5.75 Å². The second-order valence-electron chi connectivity index (χ2n) is 5.75. The molecule has 0 N–H and O–H groups in total. The summed E-state index contributed by atoms with van der Waals surface area (Å²) in [5.74, 6) is 1.62. The summed E-state index contributed by atoms with van der Waals surface area (Å²) < 4.78 is 7.48. The van der Waals surface area contributed by atoms with Crippen LogP contribution in [0.1, 0.15) is 25.5 Å². The van der Waals surface area contributed by atoms with E-state index in [0.29, 0.717) is 13.2 Å². The Bertz CT molecular complexity index is 691. The van der Waals surface area contributed by atoms with Crippen molar-refractivity contribution >= 4 is 5.95 Å². The fourth-order valence-electron chi connectivity index (χ4n) is 2.86. The molecule has 5 nitrogen and oxygen atoms in total. The molecule has 1 aromatic carbocycles. The first-order chi connectivity index (χ1) is 11.3. The van der Waals surface area contributed by atoms with E-state index in [1.54, 1.807) is 10.6 Å². The third-order valence-corrected chi connectivity index (χ3v) is 4.12. The molecule has 1 saturated heterocycles. The molecule has 5 heteroatoms. The van der Waals surface area contributed by atoms with Crippen LogP contribution in [0.4, 0.5) is 5.95 Å². The van der Waals surface area contributed by atoms with Crippen LogP contribution < -0.4 is 15.2 Å². The summed E-state index contributed by atoms with van der Waals surface area (Å²) in [7, 11) is 0. The third-order valence-electron chi connectivity index (χ3n) is 4.12. The molecule has 1 aromatic heterocycles. The summed E-state index contributed by atoms with van der Waals surface area (Å²) in [6, 6.07) is 11.3. The molecule has 0 bridgehead atoms. The van der Waals surface area contributed by atoms with Crippen LogP contribution >= 0.6 is 0 Å². The Morgan fingerprint density at radius 3 is 2.61 bits per heavy atom. The summed E-state index contributed by atoms with van der Waals surface area (Å²) in [6.45, 7) is 4.94. The molecule has 0 spiro atoms. The summed E-state index contributed by atoms with van der Waals surface area (Å²) in [5, 5.41) is 0. The first kappa shape index (κ1) is 15.6. The minimum atomic E-state index is 0.00964. The molecule has 1 aliphatic rings. The van der Waals surface area contributed by atoms with Crippen LogP contribution in [-0.4, -0.2) is 29.2 Å². The van der Waals surface area contributed by atoms with Gasteiger partial charge in [-0.1, -0.05) is 25.1 Å². The number of hydrogen-bond donors (Lipinski definition) is 0. The van der Waals surface area contributed by atoms with E-state index in [2.05, 4.69) is 4.90 Å². The first-order valence-electron chi connectivity index (χ1n) is 8.31. The minimum Gasteiger partial charge on any atom is -0.492 e. The van der Waals surface area contributed by atoms with E-state index in [4.69, 9.17) is 9.72 Å². The smallest absolute Gasteiger partial charge is 0.255 e. The van der Waals surface area contributed by atoms with Gasteiger partial charge in [0.05, 0.1) is 6.54 Å². The number of hydrogen-bond acceptors (Lipinski definition) is 4. The zero-order chi connectivity index (χ0) is 16.1. The quantitative estimate of drug-likeness (QED) is 0.822. The van der Waals surface area contributed by atoms with E-state index < -0.39 is 0 Å². The van der Waals surface area contributed by atoms with Gasteiger partial charge in [-0.15, -0.1) is 0 Å². The van der Waals surface area contributed by atoms with Gasteiger partial charge in [-0.05, 0) is 31.4 Å². The fourth-order valence-corrected chi connectivity index (χ4v) is 2.86. The fraction of sp³-hybridized carbons (Fsp3) is 0.444. The Balaban J connectivity index is 1.78. The predicted octanol–water partition coefficient (Wildman–Crippen LogP) is 2.48. The monoisotopic (exact) mass is 313 g/mol. The van der Waals surface area contributed by atoms with E-state index in [1.165, 1.54) is 0 Å². The lowest BCUT2D eigenvalue weighted by atomic mass is 10.3. The molecular formula is C18H23N3O2. The number of ether oxygens (including phenoxy) is 1. The number of aromatic nitrogens is 2. The molecule has 0 aliphatic carbocycles. The lowest BCUT2D eigenvalue weighted by Crippen LogP contribution is -2.32. The van der Waals surface area contributed by atoms with Gasteiger partial charge in [0.2, 0.25) is 5.95 Å². The van der Waals surface area contributed by atoms with Crippen LogP contribution in [0, 0.1) is 0 Å². The molecule has 23 heavy (non-hydrogen) atoms. The molecule has 0 atom stereocenters. The lowest BCUT2D eigenvalue weighted by Gasteiger charge is -2.22. The van der Waals surface area contributed by atoms with Crippen molar-refractivity contribution in [1.29, 1.82) is 0 Å². The average molecular weight is 313 g/mol. The Morgan fingerprint density at radius 1 is 1.17 bits per heavy atom. The van der Waals surface area contributed by atoms with Crippen molar-refractivity contribution in [3.63, 3.8) is 0 Å². The van der Waals surface area contributed by atoms with Crippen LogP contribution in [0.25, 0.3) is 0 Å². The van der Waals surface area contributed by atoms with Gasteiger partial charge < -0.3 is 9.64 Å². The number of rotatable bonds is 6. The van der Waals surface area contributed by atoms with Gasteiger partial charge in [0.15, 0.2) is 0 Å². The van der Waals surface area contributed by atoms with Gasteiger partial charge in [-0.3, -0.25) is 9.36 Å². The van der Waals surface area contributed by atoms with Crippen LogP contribution in [-0.2, 0) is 13.0 Å². The summed E-state index contributed by atoms with van der Waals surface area (Å²) >= 11 is 0. The highest BCUT2D eigenvalue weighted by Crippen LogP contribution is 2.17. The summed E-state index contributed by atoms with van der Waals surface area (Å²) in [4.78, 5) is 19.4. The predicted molar refractivity (Wildman–Crippen MR) is 91.3 cm³/mol. The molecule has 2 aromatic rings. The second-order valence-corrected chi connectivity index (χ2v) is 5.75. The molecule has 0 unspecified atom stereocenters. The number of nitrogens with zero attached hydrogens (tertiary/aromatic N) is 3. The highest BCUT2D eigenvalue weighted by Gasteiger charge is 2.19. The Labute approximate surface area is 136 Å². The molecule has 3 rings (SSSR count). The van der Waals surface area contributed by atoms with Gasteiger partial charge in [0.25, 0.3) is 5.56 Å². The van der Waals surface area contributed by atoms with Crippen LogP contribution in [0.3, 0.4) is 0 Å². The molecule has 1 aliphatic heterocycles. The first-order valence-corrected chi connectivity index (χ1v) is 8.31. The van der Waals surface area contributed by atoms with Gasteiger partial charge in [0, 0.05) is 24.8 Å². The number of para-hydroxylation sites is 1. The van der Waals surface area contributed by atoms with E-state index in [1.807, 2.05) is 37.3 Å². The third kappa shape index (κ3) is 3.73. The molecule has 0 radical (unpaired) electrons. The zero-order valence-electron chi connectivity index (χ0n) is 13.6. The van der Waals surface area contributed by atoms with E-state index in [0.717, 1.165) is 49.7 Å². The zero-order valence-corrected chi connectivity index (χ0v) is 13.6. The number of anilines is 1. The molecule has 122 valence electrons. The topological polar surface area (TPSA) is 47.4 Å². The number of aryl methyl sites for hydroxylation is 1. The Morgan fingerprint density at radius 2 is 1.91 bits per heavy atom. The van der Waals surface area contributed by atoms with Crippen molar-refractivity contribution < 1.29 is 4.74 Å². The normalized spacial score (nSPS) is 14.2. The van der Waals surface area contributed by atoms with Gasteiger partial charge in [-0.25, -0.2) is 4.98 Å². The van der Waals surface area contributed by atoms with Crippen molar-refractivity contribution in [1.82, 2.24) is 9.55 Å². The SMILES string of the molecule is CCc1cc(=O)n(CCOc2ccccc2)c(N2CCCC2)n1. The molecule has 1 fully saturated rings. The highest BCUT2D eigenvalue weighted by atomic mass is 16.5. The van der Waals surface area contributed by atoms with Crippen molar-refractivity contribution in [2.45, 2.75) is 32.7 Å². The minimum absolute atomic E-state index is 0.00964. The molecule has 0 saturated carbocycles. The summed E-state index contributed by atoms with van der Waals surface area (Å²) in [6.07, 6.45) is 3.09. The molecule has 2 heterocycles.